The zero-order chi connectivity index (χ0) is 23.6. The smallest absolute Gasteiger partial charge is 0.261 e. The van der Waals surface area contributed by atoms with Crippen LogP contribution in [-0.2, 0) is 22.9 Å². The predicted octanol–water partition coefficient (Wildman–Crippen LogP) is 5.82. The van der Waals surface area contributed by atoms with Crippen LogP contribution in [0.2, 0.25) is 5.02 Å². The molecule has 3 aromatic carbocycles. The minimum Gasteiger partial charge on any atom is -0.345 e. The number of fused-ring (bicyclic) bond motifs is 1. The zero-order valence-corrected chi connectivity index (χ0v) is 20.3. The first-order chi connectivity index (χ1) is 15.7. The molecule has 0 unspecified atom stereocenters. The van der Waals surface area contributed by atoms with Gasteiger partial charge in [-0.15, -0.1) is 0 Å². The van der Waals surface area contributed by atoms with E-state index in [0.29, 0.717) is 11.3 Å². The Morgan fingerprint density at radius 2 is 1.64 bits per heavy atom. The van der Waals surface area contributed by atoms with Crippen molar-refractivity contribution < 1.29 is 13.2 Å². The molecule has 4 rings (SSSR count). The monoisotopic (exact) mass is 482 g/mol. The molecule has 0 heterocycles. The number of hydrogen-bond acceptors (Lipinski definition) is 3. The lowest BCUT2D eigenvalue weighted by atomic mass is 9.89. The topological polar surface area (TPSA) is 75.3 Å². The van der Waals surface area contributed by atoms with Crippen molar-refractivity contribution in [2.45, 2.75) is 50.5 Å². The van der Waals surface area contributed by atoms with Gasteiger partial charge in [0.15, 0.2) is 0 Å². The molecule has 0 saturated carbocycles. The first kappa shape index (κ1) is 23.3. The number of nitrogens with one attached hydrogen (secondary N) is 2. The van der Waals surface area contributed by atoms with Crippen LogP contribution in [0.1, 0.15) is 58.4 Å². The quantitative estimate of drug-likeness (QED) is 0.465. The molecule has 1 amide bonds. The fourth-order valence-electron chi connectivity index (χ4n) is 4.07. The minimum atomic E-state index is -3.75. The van der Waals surface area contributed by atoms with Crippen LogP contribution in [0.25, 0.3) is 0 Å². The van der Waals surface area contributed by atoms with E-state index in [1.807, 2.05) is 13.8 Å². The zero-order valence-electron chi connectivity index (χ0n) is 18.7. The van der Waals surface area contributed by atoms with Crippen LogP contribution in [0.5, 0.6) is 0 Å². The van der Waals surface area contributed by atoms with Crippen LogP contribution >= 0.6 is 11.6 Å². The second-order valence-electron chi connectivity index (χ2n) is 8.54. The third-order valence-corrected chi connectivity index (χ3v) is 7.73. The maximum Gasteiger partial charge on any atom is 0.261 e. The highest BCUT2D eigenvalue weighted by Crippen LogP contribution is 2.27. The van der Waals surface area contributed by atoms with Gasteiger partial charge in [-0.05, 0) is 86.6 Å². The Kier molecular flexibility index (Phi) is 6.77. The van der Waals surface area contributed by atoms with Gasteiger partial charge < -0.3 is 5.32 Å². The molecule has 0 aromatic heterocycles. The molecule has 172 valence electrons. The highest BCUT2D eigenvalue weighted by molar-refractivity contribution is 7.92. The van der Waals surface area contributed by atoms with Gasteiger partial charge in [0.05, 0.1) is 27.2 Å². The molecule has 0 bridgehead atoms. The molecule has 3 aromatic rings. The number of carbonyl (C=O) groups is 1. The van der Waals surface area contributed by atoms with Crippen LogP contribution in [-0.4, -0.2) is 14.3 Å². The summed E-state index contributed by atoms with van der Waals surface area (Å²) in [6.45, 7) is 3.83. The third kappa shape index (κ3) is 5.40. The van der Waals surface area contributed by atoms with Gasteiger partial charge in [-0.2, -0.15) is 0 Å². The maximum absolute atomic E-state index is 12.9. The molecule has 0 fully saturated rings. The summed E-state index contributed by atoms with van der Waals surface area (Å²) in [4.78, 5) is 13.0. The Balaban J connectivity index is 1.46. The Labute approximate surface area is 200 Å². The molecule has 1 aliphatic carbocycles. The molecule has 0 aliphatic heterocycles. The SMILES string of the molecule is Cc1ccc(S(=O)(=O)Nc2ccc(C(=O)N[C@H](C)c3ccc4c(c3)CCCC4)c(Cl)c2)cc1. The molecule has 1 atom stereocenters. The molecule has 33 heavy (non-hydrogen) atoms. The fourth-order valence-corrected chi connectivity index (χ4v) is 5.39. The van der Waals surface area contributed by atoms with Gasteiger partial charge in [-0.25, -0.2) is 8.42 Å². The summed E-state index contributed by atoms with van der Waals surface area (Å²) < 4.78 is 27.7. The van der Waals surface area contributed by atoms with E-state index in [0.717, 1.165) is 24.0 Å². The van der Waals surface area contributed by atoms with Crippen molar-refractivity contribution in [1.29, 1.82) is 0 Å². The van der Waals surface area contributed by atoms with E-state index in [2.05, 4.69) is 28.2 Å². The number of halogens is 1. The van der Waals surface area contributed by atoms with E-state index in [-0.39, 0.29) is 21.9 Å². The standard InChI is InChI=1S/C26H27ClN2O3S/c1-17-7-12-23(13-8-17)33(31,32)29-22-11-14-24(25(27)16-22)26(30)28-18(2)20-10-9-19-5-3-4-6-21(19)15-20/h7-16,18,29H,3-6H2,1-2H3,(H,28,30)/t18-/m1/s1. The Hall–Kier alpha value is -2.83. The van der Waals surface area contributed by atoms with E-state index in [1.165, 1.54) is 42.2 Å². The maximum atomic E-state index is 12.9. The number of rotatable bonds is 6. The van der Waals surface area contributed by atoms with Crippen LogP contribution in [0, 0.1) is 6.92 Å². The van der Waals surface area contributed by atoms with Gasteiger partial charge in [-0.3, -0.25) is 9.52 Å². The summed E-state index contributed by atoms with van der Waals surface area (Å²) >= 11 is 6.35. The lowest BCUT2D eigenvalue weighted by molar-refractivity contribution is 0.0940. The Morgan fingerprint density at radius 3 is 2.33 bits per heavy atom. The van der Waals surface area contributed by atoms with E-state index in [1.54, 1.807) is 24.3 Å². The van der Waals surface area contributed by atoms with Gasteiger partial charge >= 0.3 is 0 Å². The molecule has 7 heteroatoms. The largest absolute Gasteiger partial charge is 0.345 e. The molecule has 0 saturated heterocycles. The van der Waals surface area contributed by atoms with Gasteiger partial charge in [0, 0.05) is 0 Å². The number of anilines is 1. The number of sulfonamides is 1. The van der Waals surface area contributed by atoms with Crippen LogP contribution in [0.3, 0.4) is 0 Å². The average Bonchev–Trinajstić information content (AvgIpc) is 2.78. The van der Waals surface area contributed by atoms with Crippen molar-refractivity contribution >= 4 is 33.2 Å². The van der Waals surface area contributed by atoms with Gasteiger partial charge in [0.1, 0.15) is 0 Å². The van der Waals surface area contributed by atoms with Crippen LogP contribution in [0.4, 0.5) is 5.69 Å². The average molecular weight is 483 g/mol. The number of carbonyl (C=O) groups excluding carboxylic acids is 1. The molecule has 2 N–H and O–H groups in total. The molecule has 0 spiro atoms. The predicted molar refractivity (Wildman–Crippen MR) is 132 cm³/mol. The highest BCUT2D eigenvalue weighted by atomic mass is 35.5. The summed E-state index contributed by atoms with van der Waals surface area (Å²) in [7, 11) is -3.75. The second kappa shape index (κ2) is 9.57. The van der Waals surface area contributed by atoms with Crippen molar-refractivity contribution in [3.63, 3.8) is 0 Å². The highest BCUT2D eigenvalue weighted by Gasteiger charge is 2.19. The molecular formula is C26H27ClN2O3S. The van der Waals surface area contributed by atoms with Crippen molar-refractivity contribution in [1.82, 2.24) is 5.32 Å². The Morgan fingerprint density at radius 1 is 0.939 bits per heavy atom. The summed E-state index contributed by atoms with van der Waals surface area (Å²) in [5, 5.41) is 3.17. The van der Waals surface area contributed by atoms with Crippen molar-refractivity contribution in [2.75, 3.05) is 4.72 Å². The van der Waals surface area contributed by atoms with Gasteiger partial charge in [0.2, 0.25) is 0 Å². The van der Waals surface area contributed by atoms with Gasteiger partial charge in [0.25, 0.3) is 15.9 Å². The summed E-state index contributed by atoms with van der Waals surface area (Å²) in [6.07, 6.45) is 4.63. The lowest BCUT2D eigenvalue weighted by Crippen LogP contribution is -2.27. The Bertz CT molecular complexity index is 1290. The molecule has 0 radical (unpaired) electrons. The third-order valence-electron chi connectivity index (χ3n) is 6.02. The summed E-state index contributed by atoms with van der Waals surface area (Å²) in [5.74, 6) is -0.307. The lowest BCUT2D eigenvalue weighted by Gasteiger charge is -2.20. The molecular weight excluding hydrogens is 456 g/mol. The van der Waals surface area contributed by atoms with Crippen molar-refractivity contribution in [3.8, 4) is 0 Å². The van der Waals surface area contributed by atoms with Crippen LogP contribution in [0.15, 0.2) is 65.6 Å². The number of aryl methyl sites for hydroxylation is 3. The number of hydrogen-bond donors (Lipinski definition) is 2. The number of benzene rings is 3. The van der Waals surface area contributed by atoms with E-state index in [4.69, 9.17) is 11.6 Å². The van der Waals surface area contributed by atoms with E-state index >= 15 is 0 Å². The van der Waals surface area contributed by atoms with E-state index < -0.39 is 10.0 Å². The normalized spacial score (nSPS) is 14.3. The van der Waals surface area contributed by atoms with E-state index in [9.17, 15) is 13.2 Å². The fraction of sp³-hybridized carbons (Fsp3) is 0.269. The summed E-state index contributed by atoms with van der Waals surface area (Å²) in [6, 6.07) is 17.3. The first-order valence-corrected chi connectivity index (χ1v) is 12.9. The second-order valence-corrected chi connectivity index (χ2v) is 10.6. The summed E-state index contributed by atoms with van der Waals surface area (Å²) in [5.41, 5.74) is 5.37. The van der Waals surface area contributed by atoms with Crippen LogP contribution < -0.4 is 10.0 Å². The first-order valence-electron chi connectivity index (χ1n) is 11.0. The van der Waals surface area contributed by atoms with Crippen molar-refractivity contribution in [3.05, 3.63) is 93.5 Å². The van der Waals surface area contributed by atoms with Crippen molar-refractivity contribution in [2.24, 2.45) is 0 Å². The van der Waals surface area contributed by atoms with Gasteiger partial charge in [-0.1, -0.05) is 47.5 Å². The number of amides is 1. The minimum absolute atomic E-state index is 0.157. The molecule has 5 nitrogen and oxygen atoms in total. The molecule has 1 aliphatic rings.